The summed E-state index contributed by atoms with van der Waals surface area (Å²) in [4.78, 5) is 4.09. The molecule has 1 aliphatic heterocycles. The minimum Gasteiger partial charge on any atom is -0.366 e. The first-order chi connectivity index (χ1) is 11.3. The lowest BCUT2D eigenvalue weighted by atomic mass is 9.82. The maximum absolute atomic E-state index is 5.81. The van der Waals surface area contributed by atoms with Crippen LogP contribution in [0.1, 0.15) is 47.1 Å². The Morgan fingerprint density at radius 1 is 1.22 bits per heavy atom. The fraction of sp³-hybridized carbons (Fsp3) is 0.500. The summed E-state index contributed by atoms with van der Waals surface area (Å²) in [5, 5.41) is 2.19. The molecule has 0 spiro atoms. The maximum atomic E-state index is 5.81. The van der Waals surface area contributed by atoms with Crippen LogP contribution in [0.2, 0.25) is 0 Å². The molecule has 1 aromatic heterocycles. The number of benzene rings is 1. The summed E-state index contributed by atoms with van der Waals surface area (Å²) in [6, 6.07) is 13.5. The van der Waals surface area contributed by atoms with Crippen molar-refractivity contribution in [2.75, 3.05) is 20.2 Å². The van der Waals surface area contributed by atoms with Gasteiger partial charge in [0.15, 0.2) is 0 Å². The molecule has 122 valence electrons. The van der Waals surface area contributed by atoms with E-state index in [1.165, 1.54) is 24.1 Å². The maximum Gasteiger partial charge on any atom is 0.110 e. The summed E-state index contributed by atoms with van der Waals surface area (Å²) in [6.07, 6.45) is 5.29. The van der Waals surface area contributed by atoms with Crippen LogP contribution in [0.5, 0.6) is 0 Å². The second-order valence-electron chi connectivity index (χ2n) is 6.88. The molecule has 2 aliphatic rings. The average molecular weight is 327 g/mol. The quantitative estimate of drug-likeness (QED) is 0.812. The number of methoxy groups -OCH3 is 1. The third-order valence-corrected chi connectivity index (χ3v) is 6.55. The Kier molecular flexibility index (Phi) is 4.52. The van der Waals surface area contributed by atoms with Crippen molar-refractivity contribution in [1.82, 2.24) is 4.90 Å². The molecular weight excluding hydrogens is 302 g/mol. The SMILES string of the molecule is COC1CC(c2cccs2)CN1CC1CCCc2ccccc21. The summed E-state index contributed by atoms with van der Waals surface area (Å²) in [7, 11) is 1.86. The molecule has 1 saturated heterocycles. The molecule has 0 radical (unpaired) electrons. The molecular formula is C20H25NOS. The van der Waals surface area contributed by atoms with E-state index >= 15 is 0 Å². The van der Waals surface area contributed by atoms with Gasteiger partial charge in [-0.15, -0.1) is 11.3 Å². The van der Waals surface area contributed by atoms with Gasteiger partial charge in [-0.1, -0.05) is 30.3 Å². The lowest BCUT2D eigenvalue weighted by molar-refractivity contribution is -0.00741. The number of likely N-dealkylation sites (tertiary alicyclic amines) is 1. The fourth-order valence-corrected chi connectivity index (χ4v) is 5.20. The van der Waals surface area contributed by atoms with Gasteiger partial charge in [0.1, 0.15) is 6.23 Å². The van der Waals surface area contributed by atoms with E-state index in [-0.39, 0.29) is 6.23 Å². The molecule has 23 heavy (non-hydrogen) atoms. The summed E-state index contributed by atoms with van der Waals surface area (Å²) in [5.41, 5.74) is 3.14. The van der Waals surface area contributed by atoms with Gasteiger partial charge < -0.3 is 4.74 Å². The van der Waals surface area contributed by atoms with E-state index in [2.05, 4.69) is 46.7 Å². The smallest absolute Gasteiger partial charge is 0.110 e. The molecule has 1 aliphatic carbocycles. The van der Waals surface area contributed by atoms with Gasteiger partial charge >= 0.3 is 0 Å². The number of hydrogen-bond acceptors (Lipinski definition) is 3. The number of ether oxygens (including phenoxy) is 1. The molecule has 3 heteroatoms. The molecule has 3 atom stereocenters. The number of fused-ring (bicyclic) bond motifs is 1. The first-order valence-corrected chi connectivity index (χ1v) is 9.61. The summed E-state index contributed by atoms with van der Waals surface area (Å²) in [6.45, 7) is 2.27. The van der Waals surface area contributed by atoms with Crippen LogP contribution in [-0.2, 0) is 11.2 Å². The van der Waals surface area contributed by atoms with Gasteiger partial charge in [0.2, 0.25) is 0 Å². The molecule has 2 aromatic rings. The number of hydrogen-bond donors (Lipinski definition) is 0. The number of aryl methyl sites for hydroxylation is 1. The van der Waals surface area contributed by atoms with Crippen LogP contribution in [0.3, 0.4) is 0 Å². The van der Waals surface area contributed by atoms with Crippen LogP contribution >= 0.6 is 11.3 Å². The third kappa shape index (κ3) is 3.10. The summed E-state index contributed by atoms with van der Waals surface area (Å²) in [5.74, 6) is 1.30. The van der Waals surface area contributed by atoms with Crippen LogP contribution in [0.4, 0.5) is 0 Å². The first-order valence-electron chi connectivity index (χ1n) is 8.73. The highest BCUT2D eigenvalue weighted by atomic mass is 32.1. The Balaban J connectivity index is 1.50. The normalized spacial score (nSPS) is 28.0. The third-order valence-electron chi connectivity index (χ3n) is 5.51. The topological polar surface area (TPSA) is 12.5 Å². The number of rotatable bonds is 4. The lowest BCUT2D eigenvalue weighted by Gasteiger charge is -2.31. The predicted octanol–water partition coefficient (Wildman–Crippen LogP) is 4.63. The van der Waals surface area contributed by atoms with Crippen LogP contribution < -0.4 is 0 Å². The number of thiophene rings is 1. The molecule has 1 aromatic carbocycles. The Labute approximate surface area is 143 Å². The standard InChI is InChI=1S/C20H25NOS/c1-22-20-12-17(19-10-5-11-23-19)14-21(20)13-16-8-4-7-15-6-2-3-9-18(15)16/h2-3,5-6,9-11,16-17,20H,4,7-8,12-14H2,1H3. The molecule has 2 nitrogen and oxygen atoms in total. The van der Waals surface area contributed by atoms with Gasteiger partial charge in [0.25, 0.3) is 0 Å². The van der Waals surface area contributed by atoms with E-state index in [1.54, 1.807) is 11.1 Å². The first kappa shape index (κ1) is 15.4. The van der Waals surface area contributed by atoms with Crippen molar-refractivity contribution < 1.29 is 4.74 Å². The highest BCUT2D eigenvalue weighted by Gasteiger charge is 2.35. The Morgan fingerprint density at radius 3 is 2.96 bits per heavy atom. The van der Waals surface area contributed by atoms with Crippen LogP contribution in [0, 0.1) is 0 Å². The van der Waals surface area contributed by atoms with Gasteiger partial charge in [0.05, 0.1) is 0 Å². The highest BCUT2D eigenvalue weighted by molar-refractivity contribution is 7.10. The Morgan fingerprint density at radius 2 is 2.13 bits per heavy atom. The lowest BCUT2D eigenvalue weighted by Crippen LogP contribution is -2.35. The second kappa shape index (κ2) is 6.76. The van der Waals surface area contributed by atoms with Crippen molar-refractivity contribution in [2.45, 2.75) is 43.7 Å². The zero-order valence-electron chi connectivity index (χ0n) is 13.8. The van der Waals surface area contributed by atoms with E-state index in [0.717, 1.165) is 19.5 Å². The van der Waals surface area contributed by atoms with Crippen molar-refractivity contribution in [3.8, 4) is 0 Å². The van der Waals surface area contributed by atoms with Crippen LogP contribution in [0.15, 0.2) is 41.8 Å². The van der Waals surface area contributed by atoms with Crippen molar-refractivity contribution in [1.29, 1.82) is 0 Å². The predicted molar refractivity (Wildman–Crippen MR) is 96.2 cm³/mol. The molecule has 1 fully saturated rings. The van der Waals surface area contributed by atoms with Gasteiger partial charge in [-0.3, -0.25) is 4.90 Å². The number of nitrogens with zero attached hydrogens (tertiary/aromatic N) is 1. The monoisotopic (exact) mass is 327 g/mol. The van der Waals surface area contributed by atoms with Gasteiger partial charge in [-0.2, -0.15) is 0 Å². The fourth-order valence-electron chi connectivity index (χ4n) is 4.36. The minimum atomic E-state index is 0.274. The van der Waals surface area contributed by atoms with E-state index in [1.807, 2.05) is 18.4 Å². The summed E-state index contributed by atoms with van der Waals surface area (Å²) < 4.78 is 5.81. The zero-order chi connectivity index (χ0) is 15.6. The van der Waals surface area contributed by atoms with Crippen LogP contribution in [-0.4, -0.2) is 31.3 Å². The van der Waals surface area contributed by atoms with E-state index < -0.39 is 0 Å². The molecule has 2 heterocycles. The molecule has 0 N–H and O–H groups in total. The Hall–Kier alpha value is -1.16. The second-order valence-corrected chi connectivity index (χ2v) is 7.86. The van der Waals surface area contributed by atoms with Gasteiger partial charge in [-0.25, -0.2) is 0 Å². The van der Waals surface area contributed by atoms with Crippen molar-refractivity contribution >= 4 is 11.3 Å². The van der Waals surface area contributed by atoms with Crippen molar-refractivity contribution in [3.05, 3.63) is 57.8 Å². The molecule has 0 bridgehead atoms. The zero-order valence-corrected chi connectivity index (χ0v) is 14.6. The average Bonchev–Trinajstić information content (AvgIpc) is 3.24. The molecule has 0 amide bonds. The van der Waals surface area contributed by atoms with Crippen molar-refractivity contribution in [3.63, 3.8) is 0 Å². The molecule has 3 unspecified atom stereocenters. The van der Waals surface area contributed by atoms with Gasteiger partial charge in [-0.05, 0) is 54.2 Å². The highest BCUT2D eigenvalue weighted by Crippen LogP contribution is 2.38. The Bertz CT molecular complexity index is 639. The van der Waals surface area contributed by atoms with Crippen molar-refractivity contribution in [2.24, 2.45) is 0 Å². The van der Waals surface area contributed by atoms with E-state index in [4.69, 9.17) is 4.74 Å². The molecule has 0 saturated carbocycles. The molecule has 4 rings (SSSR count). The van der Waals surface area contributed by atoms with E-state index in [9.17, 15) is 0 Å². The van der Waals surface area contributed by atoms with E-state index in [0.29, 0.717) is 11.8 Å². The van der Waals surface area contributed by atoms with Crippen LogP contribution in [0.25, 0.3) is 0 Å². The minimum absolute atomic E-state index is 0.274. The largest absolute Gasteiger partial charge is 0.366 e. The summed E-state index contributed by atoms with van der Waals surface area (Å²) >= 11 is 1.89. The van der Waals surface area contributed by atoms with Gasteiger partial charge in [0, 0.05) is 31.0 Å².